The number of rotatable bonds is 4. The van der Waals surface area contributed by atoms with Crippen LogP contribution >= 0.6 is 11.6 Å². The molecule has 118 valence electrons. The van der Waals surface area contributed by atoms with Crippen molar-refractivity contribution in [2.24, 2.45) is 5.92 Å². The highest BCUT2D eigenvalue weighted by molar-refractivity contribution is 6.31. The molecule has 0 spiro atoms. The number of benzene rings is 1. The molecule has 5 nitrogen and oxygen atoms in total. The van der Waals surface area contributed by atoms with Crippen LogP contribution in [0.4, 0.5) is 4.79 Å². The fraction of sp³-hybridized carbons (Fsp3) is 0.500. The van der Waals surface area contributed by atoms with Crippen LogP contribution in [0.15, 0.2) is 24.3 Å². The number of halogens is 1. The fourth-order valence-electron chi connectivity index (χ4n) is 3.09. The standard InChI is InChI=1S/C16H19ClN2O3/c17-13-4-2-1-3-12(13)16(6-7-16)10-18-15(22)19-8-5-11(9-19)14(20)21/h1-4,11H,5-10H2,(H,18,22)(H,20,21). The Morgan fingerprint density at radius 1 is 1.36 bits per heavy atom. The van der Waals surface area contributed by atoms with Crippen LogP contribution in [0.25, 0.3) is 0 Å². The van der Waals surface area contributed by atoms with Gasteiger partial charge in [-0.25, -0.2) is 4.79 Å². The molecule has 1 aliphatic carbocycles. The molecule has 2 N–H and O–H groups in total. The lowest BCUT2D eigenvalue weighted by molar-refractivity contribution is -0.141. The summed E-state index contributed by atoms with van der Waals surface area (Å²) in [6, 6.07) is 7.56. The van der Waals surface area contributed by atoms with Crippen molar-refractivity contribution in [2.75, 3.05) is 19.6 Å². The topological polar surface area (TPSA) is 69.6 Å². The molecule has 1 aromatic carbocycles. The number of likely N-dealkylation sites (tertiary alicyclic amines) is 1. The average molecular weight is 323 g/mol. The second kappa shape index (κ2) is 5.80. The molecule has 2 aliphatic rings. The molecule has 1 atom stereocenters. The predicted octanol–water partition coefficient (Wildman–Crippen LogP) is 2.49. The van der Waals surface area contributed by atoms with Gasteiger partial charge in [0.2, 0.25) is 0 Å². The number of carbonyl (C=O) groups is 2. The highest BCUT2D eigenvalue weighted by Crippen LogP contribution is 2.49. The number of nitrogens with zero attached hydrogens (tertiary/aromatic N) is 1. The summed E-state index contributed by atoms with van der Waals surface area (Å²) in [5.41, 5.74) is 1.03. The predicted molar refractivity (Wildman–Crippen MR) is 83.1 cm³/mol. The third kappa shape index (κ3) is 2.90. The first-order chi connectivity index (χ1) is 10.5. The number of urea groups is 1. The van der Waals surface area contributed by atoms with E-state index in [1.165, 1.54) is 0 Å². The van der Waals surface area contributed by atoms with E-state index >= 15 is 0 Å². The monoisotopic (exact) mass is 322 g/mol. The first-order valence-electron chi connectivity index (χ1n) is 7.52. The lowest BCUT2D eigenvalue weighted by Crippen LogP contribution is -2.42. The number of carbonyl (C=O) groups excluding carboxylic acids is 1. The minimum atomic E-state index is -0.829. The largest absolute Gasteiger partial charge is 0.481 e. The van der Waals surface area contributed by atoms with E-state index in [0.717, 1.165) is 23.4 Å². The van der Waals surface area contributed by atoms with Gasteiger partial charge in [0, 0.05) is 30.1 Å². The molecule has 1 saturated carbocycles. The van der Waals surface area contributed by atoms with Gasteiger partial charge >= 0.3 is 12.0 Å². The molecule has 1 aliphatic heterocycles. The molecule has 1 unspecified atom stereocenters. The molecule has 1 aromatic rings. The van der Waals surface area contributed by atoms with Gasteiger partial charge in [0.1, 0.15) is 0 Å². The Labute approximate surface area is 134 Å². The number of aliphatic carboxylic acids is 1. The summed E-state index contributed by atoms with van der Waals surface area (Å²) in [6.45, 7) is 1.34. The van der Waals surface area contributed by atoms with Gasteiger partial charge in [0.05, 0.1) is 5.92 Å². The lowest BCUT2D eigenvalue weighted by Gasteiger charge is -2.21. The molecule has 3 rings (SSSR count). The van der Waals surface area contributed by atoms with E-state index in [0.29, 0.717) is 26.1 Å². The average Bonchev–Trinajstić information content (AvgIpc) is 3.10. The molecule has 22 heavy (non-hydrogen) atoms. The van der Waals surface area contributed by atoms with Crippen molar-refractivity contribution in [3.63, 3.8) is 0 Å². The zero-order valence-corrected chi connectivity index (χ0v) is 13.0. The van der Waals surface area contributed by atoms with Crippen LogP contribution in [0.1, 0.15) is 24.8 Å². The quantitative estimate of drug-likeness (QED) is 0.894. The van der Waals surface area contributed by atoms with Crippen molar-refractivity contribution in [1.29, 1.82) is 0 Å². The minimum absolute atomic E-state index is 0.0556. The van der Waals surface area contributed by atoms with Crippen LogP contribution < -0.4 is 5.32 Å². The molecule has 6 heteroatoms. The van der Waals surface area contributed by atoms with Crippen molar-refractivity contribution in [2.45, 2.75) is 24.7 Å². The molecular weight excluding hydrogens is 304 g/mol. The summed E-state index contributed by atoms with van der Waals surface area (Å²) >= 11 is 6.26. The summed E-state index contributed by atoms with van der Waals surface area (Å²) < 4.78 is 0. The number of carboxylic acids is 1. The SMILES string of the molecule is O=C(O)C1CCN(C(=O)NCC2(c3ccccc3Cl)CC2)C1. The van der Waals surface area contributed by atoms with E-state index in [1.54, 1.807) is 4.90 Å². The number of nitrogens with one attached hydrogen (secondary N) is 1. The minimum Gasteiger partial charge on any atom is -0.481 e. The Balaban J connectivity index is 1.58. The van der Waals surface area contributed by atoms with E-state index in [4.69, 9.17) is 16.7 Å². The van der Waals surface area contributed by atoms with Gasteiger partial charge in [-0.05, 0) is 30.9 Å². The van der Waals surface area contributed by atoms with Crippen LogP contribution in [-0.2, 0) is 10.2 Å². The summed E-state index contributed by atoms with van der Waals surface area (Å²) in [7, 11) is 0. The van der Waals surface area contributed by atoms with Crippen LogP contribution in [0.5, 0.6) is 0 Å². The highest BCUT2D eigenvalue weighted by atomic mass is 35.5. The van der Waals surface area contributed by atoms with Gasteiger partial charge in [-0.1, -0.05) is 29.8 Å². The third-order valence-electron chi connectivity index (χ3n) is 4.70. The maximum Gasteiger partial charge on any atom is 0.317 e. The summed E-state index contributed by atoms with van der Waals surface area (Å²) in [4.78, 5) is 24.7. The van der Waals surface area contributed by atoms with Gasteiger partial charge in [0.15, 0.2) is 0 Å². The van der Waals surface area contributed by atoms with Gasteiger partial charge in [0.25, 0.3) is 0 Å². The van der Waals surface area contributed by atoms with Gasteiger partial charge < -0.3 is 15.3 Å². The number of hydrogen-bond acceptors (Lipinski definition) is 2. The zero-order chi connectivity index (χ0) is 15.7. The van der Waals surface area contributed by atoms with E-state index < -0.39 is 11.9 Å². The first kappa shape index (κ1) is 15.2. The Bertz CT molecular complexity index is 601. The normalized spacial score (nSPS) is 22.4. The van der Waals surface area contributed by atoms with Crippen LogP contribution in [0.3, 0.4) is 0 Å². The highest BCUT2D eigenvalue weighted by Gasteiger charge is 2.46. The van der Waals surface area contributed by atoms with E-state index in [2.05, 4.69) is 5.32 Å². The van der Waals surface area contributed by atoms with Crippen molar-refractivity contribution in [3.05, 3.63) is 34.9 Å². The molecular formula is C16H19ClN2O3. The molecule has 1 heterocycles. The molecule has 2 amide bonds. The molecule has 1 saturated heterocycles. The van der Waals surface area contributed by atoms with E-state index in [1.807, 2.05) is 24.3 Å². The van der Waals surface area contributed by atoms with Gasteiger partial charge in [-0.3, -0.25) is 4.79 Å². The van der Waals surface area contributed by atoms with Crippen molar-refractivity contribution in [3.8, 4) is 0 Å². The zero-order valence-electron chi connectivity index (χ0n) is 12.2. The number of amides is 2. The number of hydrogen-bond donors (Lipinski definition) is 2. The second-order valence-corrected chi connectivity index (χ2v) is 6.60. The van der Waals surface area contributed by atoms with Gasteiger partial charge in [-0.2, -0.15) is 0 Å². The smallest absolute Gasteiger partial charge is 0.317 e. The van der Waals surface area contributed by atoms with Crippen molar-refractivity contribution < 1.29 is 14.7 Å². The Morgan fingerprint density at radius 2 is 2.09 bits per heavy atom. The molecule has 0 radical (unpaired) electrons. The van der Waals surface area contributed by atoms with Crippen LogP contribution in [0.2, 0.25) is 5.02 Å². The maximum atomic E-state index is 12.2. The fourth-order valence-corrected chi connectivity index (χ4v) is 3.42. The Morgan fingerprint density at radius 3 is 2.68 bits per heavy atom. The lowest BCUT2D eigenvalue weighted by atomic mass is 9.96. The van der Waals surface area contributed by atoms with Crippen LogP contribution in [-0.4, -0.2) is 41.6 Å². The van der Waals surface area contributed by atoms with E-state index in [-0.39, 0.29) is 11.4 Å². The third-order valence-corrected chi connectivity index (χ3v) is 5.03. The molecule has 0 bridgehead atoms. The van der Waals surface area contributed by atoms with Crippen molar-refractivity contribution >= 4 is 23.6 Å². The Hall–Kier alpha value is -1.75. The molecule has 0 aromatic heterocycles. The summed E-state index contributed by atoms with van der Waals surface area (Å²) in [5.74, 6) is -1.27. The van der Waals surface area contributed by atoms with Crippen LogP contribution in [0, 0.1) is 5.92 Å². The Kier molecular flexibility index (Phi) is 4.00. The number of carboxylic acid groups (broad SMARTS) is 1. The summed E-state index contributed by atoms with van der Waals surface area (Å²) in [5, 5.41) is 12.7. The van der Waals surface area contributed by atoms with E-state index in [9.17, 15) is 9.59 Å². The first-order valence-corrected chi connectivity index (χ1v) is 7.90. The second-order valence-electron chi connectivity index (χ2n) is 6.19. The maximum absolute atomic E-state index is 12.2. The molecule has 2 fully saturated rings. The van der Waals surface area contributed by atoms with Gasteiger partial charge in [-0.15, -0.1) is 0 Å². The summed E-state index contributed by atoms with van der Waals surface area (Å²) in [6.07, 6.45) is 2.54. The van der Waals surface area contributed by atoms with Crippen molar-refractivity contribution in [1.82, 2.24) is 10.2 Å².